The van der Waals surface area contributed by atoms with Gasteiger partial charge in [0.25, 0.3) is 0 Å². The molecule has 1 nitrogen and oxygen atoms in total. The molecule has 0 aliphatic carbocycles. The number of rotatable bonds is 6. The predicted molar refractivity (Wildman–Crippen MR) is 49.9 cm³/mol. The maximum absolute atomic E-state index is 5.46. The Morgan fingerprint density at radius 2 is 2.27 bits per heavy atom. The molecule has 0 aromatic rings. The summed E-state index contributed by atoms with van der Waals surface area (Å²) in [4.78, 5) is 0. The van der Waals surface area contributed by atoms with Crippen molar-refractivity contribution in [2.75, 3.05) is 6.07 Å². The van der Waals surface area contributed by atoms with Gasteiger partial charge < -0.3 is 4.74 Å². The Bertz CT molecular complexity index is 112. The Morgan fingerprint density at radius 1 is 1.64 bits per heavy atom. The molecule has 66 valence electrons. The van der Waals surface area contributed by atoms with Crippen molar-refractivity contribution in [2.45, 2.75) is 39.2 Å². The second-order valence-electron chi connectivity index (χ2n) is 2.75. The van der Waals surface area contributed by atoms with Crippen LogP contribution in [0.1, 0.15) is 33.1 Å². The van der Waals surface area contributed by atoms with E-state index >= 15 is 0 Å². The summed E-state index contributed by atoms with van der Waals surface area (Å²) in [6.07, 6.45) is 3.56. The Morgan fingerprint density at radius 3 is 2.64 bits per heavy atom. The predicted octanol–water partition coefficient (Wildman–Crippen LogP) is 3.33. The zero-order chi connectivity index (χ0) is 8.69. The van der Waals surface area contributed by atoms with Crippen LogP contribution in [-0.2, 0) is 4.74 Å². The van der Waals surface area contributed by atoms with Crippen molar-refractivity contribution in [1.29, 1.82) is 0 Å². The molecule has 0 aliphatic rings. The molecule has 1 atom stereocenters. The van der Waals surface area contributed by atoms with Crippen LogP contribution in [0.5, 0.6) is 0 Å². The van der Waals surface area contributed by atoms with E-state index in [-0.39, 0.29) is 12.2 Å². The molecule has 0 N–H and O–H groups in total. The van der Waals surface area contributed by atoms with E-state index < -0.39 is 0 Å². The van der Waals surface area contributed by atoms with Crippen LogP contribution in [-0.4, -0.2) is 12.2 Å². The quantitative estimate of drug-likeness (QED) is 0.446. The van der Waals surface area contributed by atoms with Crippen LogP contribution in [0.25, 0.3) is 0 Å². The highest BCUT2D eigenvalue weighted by Crippen LogP contribution is 2.12. The average Bonchev–Trinajstić information content (AvgIpc) is 1.97. The molecule has 0 radical (unpaired) electrons. The standard InChI is InChI=1S/C9H17ClO/c1-4-5-6-9(8(2)3)11-7-10/h9H,2,4-7H2,1,3H3. The normalized spacial score (nSPS) is 13.0. The number of halogens is 1. The van der Waals surface area contributed by atoms with Gasteiger partial charge in [0.1, 0.15) is 6.07 Å². The lowest BCUT2D eigenvalue weighted by atomic mass is 10.1. The lowest BCUT2D eigenvalue weighted by Gasteiger charge is -2.15. The molecule has 2 heteroatoms. The zero-order valence-corrected chi connectivity index (χ0v) is 8.16. The molecule has 0 aromatic carbocycles. The molecule has 0 heterocycles. The first-order chi connectivity index (χ1) is 5.22. The van der Waals surface area contributed by atoms with Gasteiger partial charge in [-0.05, 0) is 13.3 Å². The van der Waals surface area contributed by atoms with E-state index in [2.05, 4.69) is 13.5 Å². The van der Waals surface area contributed by atoms with Crippen molar-refractivity contribution in [1.82, 2.24) is 0 Å². The molecular weight excluding hydrogens is 160 g/mol. The highest BCUT2D eigenvalue weighted by molar-refractivity contribution is 6.17. The number of hydrogen-bond donors (Lipinski definition) is 0. The first-order valence-corrected chi connectivity index (χ1v) is 4.58. The fourth-order valence-electron chi connectivity index (χ4n) is 0.938. The van der Waals surface area contributed by atoms with Gasteiger partial charge in [-0.2, -0.15) is 0 Å². The van der Waals surface area contributed by atoms with Crippen molar-refractivity contribution < 1.29 is 4.74 Å². The van der Waals surface area contributed by atoms with Gasteiger partial charge in [-0.3, -0.25) is 0 Å². The van der Waals surface area contributed by atoms with E-state index in [1.165, 1.54) is 12.8 Å². The van der Waals surface area contributed by atoms with Crippen LogP contribution in [0.3, 0.4) is 0 Å². The average molecular weight is 177 g/mol. The van der Waals surface area contributed by atoms with E-state index in [4.69, 9.17) is 16.3 Å². The summed E-state index contributed by atoms with van der Waals surface area (Å²) < 4.78 is 5.27. The summed E-state index contributed by atoms with van der Waals surface area (Å²) in [7, 11) is 0. The van der Waals surface area contributed by atoms with Gasteiger partial charge in [-0.1, -0.05) is 43.5 Å². The summed E-state index contributed by atoms with van der Waals surface area (Å²) in [5.41, 5.74) is 1.07. The molecule has 0 bridgehead atoms. The van der Waals surface area contributed by atoms with E-state index in [0.29, 0.717) is 0 Å². The molecule has 1 unspecified atom stereocenters. The van der Waals surface area contributed by atoms with Crippen molar-refractivity contribution in [3.8, 4) is 0 Å². The SMILES string of the molecule is C=C(C)C(CCCC)OCCl. The third kappa shape index (κ3) is 5.28. The molecule has 0 aromatic heterocycles. The molecule has 0 rings (SSSR count). The molecular formula is C9H17ClO. The van der Waals surface area contributed by atoms with Crippen molar-refractivity contribution in [3.05, 3.63) is 12.2 Å². The molecule has 0 amide bonds. The minimum atomic E-state index is 0.160. The first-order valence-electron chi connectivity index (χ1n) is 4.05. The zero-order valence-electron chi connectivity index (χ0n) is 7.40. The van der Waals surface area contributed by atoms with Crippen LogP contribution in [0.2, 0.25) is 0 Å². The maximum atomic E-state index is 5.46. The molecule has 0 aliphatic heterocycles. The summed E-state index contributed by atoms with van der Waals surface area (Å²) in [6, 6.07) is 0.265. The highest BCUT2D eigenvalue weighted by atomic mass is 35.5. The maximum Gasteiger partial charge on any atom is 0.121 e. The van der Waals surface area contributed by atoms with Gasteiger partial charge in [-0.15, -0.1) is 0 Å². The monoisotopic (exact) mass is 176 g/mol. The lowest BCUT2D eigenvalue weighted by Crippen LogP contribution is -2.12. The summed E-state index contributed by atoms with van der Waals surface area (Å²) >= 11 is 5.46. The Kier molecular flexibility index (Phi) is 6.68. The summed E-state index contributed by atoms with van der Waals surface area (Å²) in [5, 5.41) is 0. The molecule has 0 saturated carbocycles. The Balaban J connectivity index is 3.60. The third-order valence-electron chi connectivity index (χ3n) is 1.63. The molecule has 0 saturated heterocycles. The largest absolute Gasteiger partial charge is 0.358 e. The second kappa shape index (κ2) is 6.68. The minimum absolute atomic E-state index is 0.160. The fraction of sp³-hybridized carbons (Fsp3) is 0.778. The third-order valence-corrected chi connectivity index (χ3v) is 1.76. The van der Waals surface area contributed by atoms with E-state index in [9.17, 15) is 0 Å². The van der Waals surface area contributed by atoms with Crippen LogP contribution in [0.4, 0.5) is 0 Å². The van der Waals surface area contributed by atoms with E-state index in [1.54, 1.807) is 0 Å². The number of unbranched alkanes of at least 4 members (excludes halogenated alkanes) is 1. The first kappa shape index (κ1) is 11.0. The smallest absolute Gasteiger partial charge is 0.121 e. The van der Waals surface area contributed by atoms with Crippen LogP contribution < -0.4 is 0 Å². The van der Waals surface area contributed by atoms with Gasteiger partial charge >= 0.3 is 0 Å². The van der Waals surface area contributed by atoms with Gasteiger partial charge in [-0.25, -0.2) is 0 Å². The van der Waals surface area contributed by atoms with Crippen molar-refractivity contribution in [2.24, 2.45) is 0 Å². The van der Waals surface area contributed by atoms with E-state index in [0.717, 1.165) is 12.0 Å². The number of alkyl halides is 1. The van der Waals surface area contributed by atoms with Crippen molar-refractivity contribution >= 4 is 11.6 Å². The molecule has 0 spiro atoms. The van der Waals surface area contributed by atoms with Gasteiger partial charge in [0.2, 0.25) is 0 Å². The van der Waals surface area contributed by atoms with Crippen LogP contribution in [0.15, 0.2) is 12.2 Å². The fourth-order valence-corrected chi connectivity index (χ4v) is 1.09. The van der Waals surface area contributed by atoms with Gasteiger partial charge in [0, 0.05) is 0 Å². The van der Waals surface area contributed by atoms with Crippen LogP contribution in [0, 0.1) is 0 Å². The number of ether oxygens (including phenoxy) is 1. The Hall–Kier alpha value is -0.0100. The highest BCUT2D eigenvalue weighted by Gasteiger charge is 2.07. The Labute approximate surface area is 74.4 Å². The lowest BCUT2D eigenvalue weighted by molar-refractivity contribution is 0.106. The molecule has 11 heavy (non-hydrogen) atoms. The molecule has 0 fully saturated rings. The van der Waals surface area contributed by atoms with Crippen LogP contribution >= 0.6 is 11.6 Å². The second-order valence-corrected chi connectivity index (χ2v) is 2.97. The van der Waals surface area contributed by atoms with Gasteiger partial charge in [0.05, 0.1) is 6.10 Å². The number of hydrogen-bond acceptors (Lipinski definition) is 1. The van der Waals surface area contributed by atoms with Crippen molar-refractivity contribution in [3.63, 3.8) is 0 Å². The summed E-state index contributed by atoms with van der Waals surface area (Å²) in [6.45, 7) is 7.99. The minimum Gasteiger partial charge on any atom is -0.358 e. The topological polar surface area (TPSA) is 9.23 Å². The summed E-state index contributed by atoms with van der Waals surface area (Å²) in [5.74, 6) is 0. The van der Waals surface area contributed by atoms with Gasteiger partial charge in [0.15, 0.2) is 0 Å². The van der Waals surface area contributed by atoms with E-state index in [1.807, 2.05) is 6.92 Å².